The Hall–Kier alpha value is -3.49. The highest BCUT2D eigenvalue weighted by Gasteiger charge is 2.50. The minimum absolute atomic E-state index is 0.265. The molecule has 2 aromatic heterocycles. The van der Waals surface area contributed by atoms with E-state index in [9.17, 15) is 4.79 Å². The van der Waals surface area contributed by atoms with Crippen molar-refractivity contribution >= 4 is 16.7 Å². The highest BCUT2D eigenvalue weighted by Crippen LogP contribution is 2.50. The molecule has 8 nitrogen and oxygen atoms in total. The van der Waals surface area contributed by atoms with Gasteiger partial charge in [0.1, 0.15) is 11.3 Å². The molecule has 1 aliphatic rings. The summed E-state index contributed by atoms with van der Waals surface area (Å²) in [6.45, 7) is 14.6. The van der Waals surface area contributed by atoms with Crippen LogP contribution < -0.4 is 10.5 Å². The van der Waals surface area contributed by atoms with E-state index in [4.69, 9.17) is 9.25 Å². The van der Waals surface area contributed by atoms with Gasteiger partial charge in [0.15, 0.2) is 5.69 Å². The third-order valence-corrected chi connectivity index (χ3v) is 7.40. The van der Waals surface area contributed by atoms with E-state index in [2.05, 4.69) is 68.9 Å². The molecule has 3 heterocycles. The van der Waals surface area contributed by atoms with Crippen molar-refractivity contribution in [2.75, 3.05) is 25.1 Å². The molecule has 0 amide bonds. The van der Waals surface area contributed by atoms with Crippen LogP contribution in [0.15, 0.2) is 57.9 Å². The van der Waals surface area contributed by atoms with Gasteiger partial charge in [0.2, 0.25) is 0 Å². The maximum Gasteiger partial charge on any atom is 0.362 e. The van der Waals surface area contributed by atoms with Gasteiger partial charge in [-0.25, -0.2) is 9.48 Å². The molecule has 0 spiro atoms. The van der Waals surface area contributed by atoms with E-state index in [1.54, 1.807) is 19.4 Å². The zero-order valence-corrected chi connectivity index (χ0v) is 22.0. The third kappa shape index (κ3) is 3.63. The topological polar surface area (TPSA) is 76.6 Å². The Balaban J connectivity index is 1.52. The van der Waals surface area contributed by atoms with E-state index in [0.29, 0.717) is 17.0 Å². The molecule has 0 bridgehead atoms. The highest BCUT2D eigenvalue weighted by molar-refractivity contribution is 5.82. The molecule has 188 valence electrons. The third-order valence-electron chi connectivity index (χ3n) is 7.40. The first-order valence-corrected chi connectivity index (χ1v) is 12.4. The van der Waals surface area contributed by atoms with E-state index in [-0.39, 0.29) is 11.1 Å². The zero-order chi connectivity index (χ0) is 25.8. The molecule has 0 saturated carbocycles. The second kappa shape index (κ2) is 8.57. The molecule has 0 N–H and O–H groups in total. The summed E-state index contributed by atoms with van der Waals surface area (Å²) >= 11 is 0. The Kier molecular flexibility index (Phi) is 5.76. The molecule has 0 saturated heterocycles. The minimum atomic E-state index is -0.455. The van der Waals surface area contributed by atoms with Gasteiger partial charge in [-0.3, -0.25) is 0 Å². The number of anilines is 1. The van der Waals surface area contributed by atoms with Crippen molar-refractivity contribution in [1.82, 2.24) is 20.1 Å². The number of hydroxylamine groups is 2. The lowest BCUT2D eigenvalue weighted by Gasteiger charge is -2.38. The number of aromatic nitrogens is 3. The largest absolute Gasteiger partial charge is 0.421 e. The van der Waals surface area contributed by atoms with Crippen LogP contribution in [0.5, 0.6) is 0 Å². The van der Waals surface area contributed by atoms with Gasteiger partial charge in [-0.15, -0.1) is 5.10 Å². The fraction of sp³-hybridized carbons (Fsp3) is 0.393. The Bertz CT molecular complexity index is 1500. The van der Waals surface area contributed by atoms with E-state index < -0.39 is 5.63 Å². The number of fused-ring (bicyclic) bond motifs is 2. The summed E-state index contributed by atoms with van der Waals surface area (Å²) < 4.78 is 7.18. The number of hydrogen-bond donors (Lipinski definition) is 0. The van der Waals surface area contributed by atoms with Gasteiger partial charge in [0, 0.05) is 35.8 Å². The van der Waals surface area contributed by atoms with Crippen LogP contribution in [-0.2, 0) is 15.9 Å². The van der Waals surface area contributed by atoms with Crippen molar-refractivity contribution in [1.29, 1.82) is 0 Å². The summed E-state index contributed by atoms with van der Waals surface area (Å²) in [5, 5.41) is 11.5. The van der Waals surface area contributed by atoms with Crippen LogP contribution in [0, 0.1) is 0 Å². The van der Waals surface area contributed by atoms with E-state index in [0.717, 1.165) is 29.7 Å². The highest BCUT2D eigenvalue weighted by atomic mass is 16.7. The minimum Gasteiger partial charge on any atom is -0.421 e. The maximum absolute atomic E-state index is 12.9. The van der Waals surface area contributed by atoms with Crippen LogP contribution in [0.1, 0.15) is 52.7 Å². The van der Waals surface area contributed by atoms with Crippen molar-refractivity contribution in [2.24, 2.45) is 0 Å². The number of hydrogen-bond acceptors (Lipinski definition) is 7. The van der Waals surface area contributed by atoms with Gasteiger partial charge in [0.05, 0.1) is 24.4 Å². The van der Waals surface area contributed by atoms with Crippen molar-refractivity contribution in [3.63, 3.8) is 0 Å². The lowest BCUT2D eigenvalue weighted by molar-refractivity contribution is -0.241. The average molecular weight is 488 g/mol. The summed E-state index contributed by atoms with van der Waals surface area (Å²) in [5.41, 5.74) is 4.87. The molecule has 2 aromatic carbocycles. The molecule has 36 heavy (non-hydrogen) atoms. The smallest absolute Gasteiger partial charge is 0.362 e. The summed E-state index contributed by atoms with van der Waals surface area (Å²) in [5.74, 6) is 0. The van der Waals surface area contributed by atoms with Gasteiger partial charge in [-0.1, -0.05) is 17.3 Å². The molecular formula is C28H33N5O3. The Morgan fingerprint density at radius 3 is 2.39 bits per heavy atom. The lowest BCUT2D eigenvalue weighted by Crippen LogP contribution is -2.44. The fourth-order valence-electron chi connectivity index (χ4n) is 5.67. The molecule has 0 unspecified atom stereocenters. The van der Waals surface area contributed by atoms with Crippen molar-refractivity contribution in [3.8, 4) is 16.9 Å². The Morgan fingerprint density at radius 1 is 0.972 bits per heavy atom. The summed E-state index contributed by atoms with van der Waals surface area (Å²) in [6.07, 6.45) is 1.77. The number of benzene rings is 2. The first-order valence-electron chi connectivity index (χ1n) is 12.4. The molecule has 0 radical (unpaired) electrons. The molecule has 8 heteroatoms. The van der Waals surface area contributed by atoms with Crippen LogP contribution in [0.4, 0.5) is 5.69 Å². The predicted molar refractivity (Wildman–Crippen MR) is 141 cm³/mol. The lowest BCUT2D eigenvalue weighted by atomic mass is 9.89. The van der Waals surface area contributed by atoms with Gasteiger partial charge >= 0.3 is 5.63 Å². The SMILES string of the molecule is CCN(CC)c1ccc2cc(-n3cc(-c4ccc5c(c4)C(C)(C)N(OC)C5(C)C)nn3)c(=O)oc2c1. The van der Waals surface area contributed by atoms with Gasteiger partial charge in [-0.2, -0.15) is 5.06 Å². The Morgan fingerprint density at radius 2 is 1.69 bits per heavy atom. The molecule has 0 fully saturated rings. The monoisotopic (exact) mass is 487 g/mol. The quantitative estimate of drug-likeness (QED) is 0.345. The average Bonchev–Trinajstić information content (AvgIpc) is 3.39. The van der Waals surface area contributed by atoms with Crippen LogP contribution >= 0.6 is 0 Å². The van der Waals surface area contributed by atoms with Crippen molar-refractivity contribution in [3.05, 3.63) is 70.2 Å². The first kappa shape index (κ1) is 24.2. The number of rotatable bonds is 6. The van der Waals surface area contributed by atoms with Gasteiger partial charge < -0.3 is 14.2 Å². The van der Waals surface area contributed by atoms with Crippen LogP contribution in [0.2, 0.25) is 0 Å². The molecular weight excluding hydrogens is 454 g/mol. The normalized spacial score (nSPS) is 16.4. The van der Waals surface area contributed by atoms with Gasteiger partial charge in [-0.05, 0) is 76.9 Å². The molecule has 1 aliphatic heterocycles. The van der Waals surface area contributed by atoms with E-state index >= 15 is 0 Å². The number of nitrogens with zero attached hydrogens (tertiary/aromatic N) is 5. The standard InChI is InChI=1S/C28H33N5O3/c1-8-31(9-2)20-12-10-19-15-24(26(34)36-25(19)16-20)32-17-23(29-30-32)18-11-13-21-22(14-18)28(5,6)33(35-7)27(21,3)4/h10-17H,8-9H2,1-7H3. The fourth-order valence-corrected chi connectivity index (χ4v) is 5.67. The first-order chi connectivity index (χ1) is 17.1. The molecule has 0 atom stereocenters. The second-order valence-corrected chi connectivity index (χ2v) is 10.2. The molecule has 5 rings (SSSR count). The molecule has 4 aromatic rings. The van der Waals surface area contributed by atoms with Crippen LogP contribution in [-0.4, -0.2) is 40.3 Å². The van der Waals surface area contributed by atoms with Gasteiger partial charge in [0.25, 0.3) is 0 Å². The summed E-state index contributed by atoms with van der Waals surface area (Å²) in [6, 6.07) is 14.0. The van der Waals surface area contributed by atoms with Crippen LogP contribution in [0.25, 0.3) is 27.9 Å². The second-order valence-electron chi connectivity index (χ2n) is 10.2. The maximum atomic E-state index is 12.9. The van der Waals surface area contributed by atoms with Crippen LogP contribution in [0.3, 0.4) is 0 Å². The zero-order valence-electron chi connectivity index (χ0n) is 22.0. The van der Waals surface area contributed by atoms with Crippen molar-refractivity contribution < 1.29 is 9.25 Å². The summed E-state index contributed by atoms with van der Waals surface area (Å²) in [4.78, 5) is 20.9. The molecule has 0 aliphatic carbocycles. The van der Waals surface area contributed by atoms with Crippen molar-refractivity contribution in [2.45, 2.75) is 52.6 Å². The summed E-state index contributed by atoms with van der Waals surface area (Å²) in [7, 11) is 1.71. The van der Waals surface area contributed by atoms with E-state index in [1.165, 1.54) is 15.8 Å². The Labute approximate surface area is 211 Å². The predicted octanol–water partition coefficient (Wildman–Crippen LogP) is 5.23. The van der Waals surface area contributed by atoms with E-state index in [1.807, 2.05) is 29.3 Å².